The van der Waals surface area contributed by atoms with Crippen molar-refractivity contribution in [3.8, 4) is 5.75 Å². The fourth-order valence-corrected chi connectivity index (χ4v) is 2.02. The topological polar surface area (TPSA) is 29.3 Å². The van der Waals surface area contributed by atoms with E-state index >= 15 is 0 Å². The van der Waals surface area contributed by atoms with E-state index in [1.54, 1.807) is 0 Å². The number of rotatable bonds is 0. The van der Waals surface area contributed by atoms with Gasteiger partial charge in [-0.25, -0.2) is 0 Å². The van der Waals surface area contributed by atoms with E-state index in [0.717, 1.165) is 10.0 Å². The van der Waals surface area contributed by atoms with Crippen molar-refractivity contribution < 1.29 is 9.76 Å². The number of hydrogen-bond donors (Lipinski definition) is 0. The number of benzene rings is 1. The van der Waals surface area contributed by atoms with Crippen LogP contribution in [0.15, 0.2) is 22.7 Å². The van der Waals surface area contributed by atoms with E-state index in [0.29, 0.717) is 17.2 Å². The molecule has 1 aromatic rings. The predicted octanol–water partition coefficient (Wildman–Crippen LogP) is 2.16. The second-order valence-electron chi connectivity index (χ2n) is 4.11. The van der Waals surface area contributed by atoms with Crippen LogP contribution in [0, 0.1) is 4.91 Å². The van der Waals surface area contributed by atoms with E-state index in [4.69, 9.17) is 4.84 Å². The minimum absolute atomic E-state index is 0. The number of hydrogen-bond acceptors (Lipinski definition) is 2. The summed E-state index contributed by atoms with van der Waals surface area (Å²) in [6.07, 6.45) is 0. The summed E-state index contributed by atoms with van der Waals surface area (Å²) >= 11 is 3.41. The molecular weight excluding hydrogens is 269 g/mol. The molecule has 1 aromatic carbocycles. The Bertz CT molecular complexity index is 406. The number of halogens is 1. The van der Waals surface area contributed by atoms with Crippen molar-refractivity contribution in [2.24, 2.45) is 0 Å². The molecule has 1 aliphatic rings. The third kappa shape index (κ3) is 2.61. The summed E-state index contributed by atoms with van der Waals surface area (Å²) in [7, 11) is 0. The minimum atomic E-state index is -0.168. The summed E-state index contributed by atoms with van der Waals surface area (Å²) in [6.45, 7) is 4.42. The Labute approximate surface area is 119 Å². The average molecular weight is 281 g/mol. The van der Waals surface area contributed by atoms with Crippen molar-refractivity contribution >= 4 is 45.5 Å². The van der Waals surface area contributed by atoms with Crippen LogP contribution in [0.3, 0.4) is 0 Å². The second kappa shape index (κ2) is 4.53. The third-order valence-corrected chi connectivity index (χ3v) is 2.89. The van der Waals surface area contributed by atoms with Gasteiger partial charge in [0.15, 0.2) is 0 Å². The molecule has 0 atom stereocenters. The first-order chi connectivity index (χ1) is 6.49. The molecule has 5 heteroatoms. The molecule has 0 N–H and O–H groups in total. The molecule has 1 heterocycles. The molecule has 0 spiro atoms. The van der Waals surface area contributed by atoms with E-state index in [2.05, 4.69) is 15.9 Å². The summed E-state index contributed by atoms with van der Waals surface area (Å²) in [5.74, 6) is 0.652. The molecule has 0 amide bonds. The Morgan fingerprint density at radius 2 is 2.13 bits per heavy atom. The van der Waals surface area contributed by atoms with Crippen molar-refractivity contribution in [1.82, 2.24) is 0 Å². The van der Waals surface area contributed by atoms with Gasteiger partial charge in [0.05, 0.1) is 10.3 Å². The number of nitrogens with zero attached hydrogens (tertiary/aromatic N) is 1. The summed E-state index contributed by atoms with van der Waals surface area (Å²) in [6, 6.07) is 5.68. The van der Waals surface area contributed by atoms with Crippen LogP contribution >= 0.6 is 15.9 Å². The first kappa shape index (κ1) is 13.2. The molecule has 0 saturated heterocycles. The summed E-state index contributed by atoms with van der Waals surface area (Å²) < 4.78 is 1.01. The first-order valence-electron chi connectivity index (χ1n) is 4.42. The van der Waals surface area contributed by atoms with Crippen molar-refractivity contribution in [2.45, 2.75) is 19.3 Å². The van der Waals surface area contributed by atoms with Gasteiger partial charge in [-0.15, -0.1) is 0 Å². The van der Waals surface area contributed by atoms with Gasteiger partial charge in [-0.2, -0.15) is 4.84 Å². The van der Waals surface area contributed by atoms with Crippen molar-refractivity contribution in [2.75, 3.05) is 6.54 Å². The van der Waals surface area contributed by atoms with E-state index in [1.807, 2.05) is 32.0 Å². The molecule has 0 aromatic heterocycles. The fourth-order valence-electron chi connectivity index (χ4n) is 1.66. The molecule has 3 nitrogen and oxygen atoms in total. The Morgan fingerprint density at radius 3 is 2.80 bits per heavy atom. The molecular formula is C10H12BrNNaO2+. The quantitative estimate of drug-likeness (QED) is 0.682. The van der Waals surface area contributed by atoms with Gasteiger partial charge in [0.1, 0.15) is 0 Å². The first-order valence-corrected chi connectivity index (χ1v) is 5.21. The van der Waals surface area contributed by atoms with Gasteiger partial charge in [-0.3, -0.25) is 0 Å². The molecule has 0 aliphatic carbocycles. The molecule has 0 radical (unpaired) electrons. The second-order valence-corrected chi connectivity index (χ2v) is 5.02. The van der Waals surface area contributed by atoms with Gasteiger partial charge in [0.25, 0.3) is 6.54 Å². The van der Waals surface area contributed by atoms with Crippen LogP contribution in [0.2, 0.25) is 0 Å². The van der Waals surface area contributed by atoms with Gasteiger partial charge in [-0.05, 0) is 32.0 Å². The monoisotopic (exact) mass is 280 g/mol. The van der Waals surface area contributed by atoms with Gasteiger partial charge in [0.2, 0.25) is 10.7 Å². The van der Waals surface area contributed by atoms with Crippen molar-refractivity contribution in [3.63, 3.8) is 0 Å². The molecule has 0 unspecified atom stereocenters. The van der Waals surface area contributed by atoms with Gasteiger partial charge in [0, 0.05) is 10.0 Å². The van der Waals surface area contributed by atoms with Crippen LogP contribution in [0.4, 0.5) is 0 Å². The van der Waals surface area contributed by atoms with Gasteiger partial charge < -0.3 is 0 Å². The Morgan fingerprint density at radius 1 is 1.47 bits per heavy atom. The normalized spacial score (nSPS) is 17.4. The van der Waals surface area contributed by atoms with Crippen LogP contribution in [0.5, 0.6) is 5.75 Å². The maximum atomic E-state index is 11.2. The van der Waals surface area contributed by atoms with E-state index in [-0.39, 0.29) is 35.0 Å². The van der Waals surface area contributed by atoms with E-state index in [1.165, 1.54) is 0 Å². The molecule has 1 aliphatic heterocycles. The average Bonchev–Trinajstić information content (AvgIpc) is 2.05. The summed E-state index contributed by atoms with van der Waals surface area (Å²) in [4.78, 5) is 16.9. The van der Waals surface area contributed by atoms with Crippen molar-refractivity contribution in [3.05, 3.63) is 33.1 Å². The Kier molecular flexibility index (Phi) is 3.98. The fraction of sp³-hybridized carbons (Fsp3) is 0.400. The maximum absolute atomic E-state index is 11.2. The summed E-state index contributed by atoms with van der Waals surface area (Å²) in [5, 5.41) is 0. The van der Waals surface area contributed by atoms with Crippen LogP contribution in [0.25, 0.3) is 0 Å². The van der Waals surface area contributed by atoms with E-state index in [9.17, 15) is 4.91 Å². The molecule has 0 saturated carbocycles. The Balaban J connectivity index is 0.00000112. The summed E-state index contributed by atoms with van der Waals surface area (Å²) in [5.41, 5.74) is 0.901. The zero-order valence-corrected chi connectivity index (χ0v) is 9.67. The van der Waals surface area contributed by atoms with Crippen LogP contribution < -0.4 is 4.84 Å². The van der Waals surface area contributed by atoms with Crippen LogP contribution in [-0.2, 0) is 5.41 Å². The molecule has 0 bridgehead atoms. The molecule has 0 fully saturated rings. The van der Waals surface area contributed by atoms with Crippen LogP contribution in [0.1, 0.15) is 19.4 Å². The number of fused-ring (bicyclic) bond motifs is 1. The predicted molar refractivity (Wildman–Crippen MR) is 63.4 cm³/mol. The van der Waals surface area contributed by atoms with E-state index < -0.39 is 0 Å². The van der Waals surface area contributed by atoms with Gasteiger partial charge >= 0.3 is 29.6 Å². The molecule has 15 heavy (non-hydrogen) atoms. The zero-order valence-electron chi connectivity index (χ0n) is 8.08. The SMILES string of the molecule is CC1(C)C[N+](=O)Oc2ccc(Br)cc21.[NaH]. The third-order valence-electron chi connectivity index (χ3n) is 2.40. The Hall–Kier alpha value is 0.1000. The standard InChI is InChI=1S/C10H11BrNO2.Na.H/c1-10(2)6-12(13)14-9-4-3-7(11)5-8(9)10;;/h3-5H,6H2,1-2H3;;/q+1;;. The zero-order chi connectivity index (χ0) is 10.3. The van der Waals surface area contributed by atoms with Crippen molar-refractivity contribution in [1.29, 1.82) is 0 Å². The van der Waals surface area contributed by atoms with Gasteiger partial charge in [-0.1, -0.05) is 15.9 Å². The molecule has 2 rings (SSSR count). The molecule has 76 valence electrons. The van der Waals surface area contributed by atoms with Crippen LogP contribution in [-0.4, -0.2) is 41.0 Å².